The first-order valence-electron chi connectivity index (χ1n) is 5.90. The first-order chi connectivity index (χ1) is 9.71. The predicted octanol–water partition coefficient (Wildman–Crippen LogP) is 2.37. The molecule has 118 valence electrons. The Morgan fingerprint density at radius 2 is 1.90 bits per heavy atom. The Morgan fingerprint density at radius 1 is 1.38 bits per heavy atom. The molecule has 0 aliphatic carbocycles. The van der Waals surface area contributed by atoms with Crippen LogP contribution in [0.15, 0.2) is 6.20 Å². The molecule has 10 heteroatoms. The van der Waals surface area contributed by atoms with Gasteiger partial charge in [0.1, 0.15) is 0 Å². The van der Waals surface area contributed by atoms with E-state index in [9.17, 15) is 17.6 Å². The quantitative estimate of drug-likeness (QED) is 0.611. The smallest absolute Gasteiger partial charge is 0.475 e. The fourth-order valence-corrected chi connectivity index (χ4v) is 1.88. The van der Waals surface area contributed by atoms with Crippen molar-refractivity contribution in [3.63, 3.8) is 0 Å². The normalized spacial score (nSPS) is 16.0. The van der Waals surface area contributed by atoms with Gasteiger partial charge in [0.2, 0.25) is 5.28 Å². The Kier molecular flexibility index (Phi) is 6.28. The number of rotatable bonds is 1. The van der Waals surface area contributed by atoms with Crippen molar-refractivity contribution in [3.8, 4) is 0 Å². The van der Waals surface area contributed by atoms with Crippen molar-refractivity contribution >= 4 is 17.6 Å². The number of nitrogens with zero attached hydrogens (tertiary/aromatic N) is 2. The highest BCUT2D eigenvalue weighted by Gasteiger charge is 2.38. The molecule has 2 N–H and O–H groups in total. The lowest BCUT2D eigenvalue weighted by Gasteiger charge is -2.22. The molecule has 1 aromatic rings. The van der Waals surface area contributed by atoms with Crippen LogP contribution in [-0.2, 0) is 4.79 Å². The van der Waals surface area contributed by atoms with E-state index in [1.807, 2.05) is 0 Å². The Balaban J connectivity index is 0.000000270. The SMILES string of the molecule is Fc1cnc(Cl)nc1C1CCNCC1.O=C(O)C(F)(F)F. The third-order valence-electron chi connectivity index (χ3n) is 2.71. The van der Waals surface area contributed by atoms with E-state index in [0.29, 0.717) is 5.69 Å². The minimum absolute atomic E-state index is 0.125. The van der Waals surface area contributed by atoms with Crippen LogP contribution in [0, 0.1) is 5.82 Å². The average molecular weight is 330 g/mol. The summed E-state index contributed by atoms with van der Waals surface area (Å²) in [5.74, 6) is -2.93. The van der Waals surface area contributed by atoms with Gasteiger partial charge in [0.15, 0.2) is 5.82 Å². The maximum Gasteiger partial charge on any atom is 0.490 e. The highest BCUT2D eigenvalue weighted by molar-refractivity contribution is 6.28. The fraction of sp³-hybridized carbons (Fsp3) is 0.545. The zero-order chi connectivity index (χ0) is 16.0. The minimum atomic E-state index is -5.08. The Labute approximate surface area is 122 Å². The fourth-order valence-electron chi connectivity index (χ4n) is 1.74. The van der Waals surface area contributed by atoms with Crippen molar-refractivity contribution in [1.29, 1.82) is 0 Å². The minimum Gasteiger partial charge on any atom is -0.475 e. The van der Waals surface area contributed by atoms with Crippen molar-refractivity contribution in [1.82, 2.24) is 15.3 Å². The van der Waals surface area contributed by atoms with Gasteiger partial charge in [-0.1, -0.05) is 0 Å². The molecule has 1 aromatic heterocycles. The molecule has 21 heavy (non-hydrogen) atoms. The first-order valence-corrected chi connectivity index (χ1v) is 6.28. The lowest BCUT2D eigenvalue weighted by Crippen LogP contribution is -2.27. The van der Waals surface area contributed by atoms with Crippen molar-refractivity contribution in [2.24, 2.45) is 0 Å². The van der Waals surface area contributed by atoms with Gasteiger partial charge in [-0.2, -0.15) is 13.2 Å². The van der Waals surface area contributed by atoms with E-state index in [4.69, 9.17) is 21.5 Å². The average Bonchev–Trinajstić information content (AvgIpc) is 2.42. The van der Waals surface area contributed by atoms with Crippen LogP contribution in [0.3, 0.4) is 0 Å². The maximum absolute atomic E-state index is 13.4. The third kappa shape index (κ3) is 5.80. The van der Waals surface area contributed by atoms with Gasteiger partial charge in [0.05, 0.1) is 11.9 Å². The second-order valence-corrected chi connectivity index (χ2v) is 4.54. The molecule has 1 aliphatic heterocycles. The highest BCUT2D eigenvalue weighted by Crippen LogP contribution is 2.25. The number of nitrogens with one attached hydrogen (secondary N) is 1. The van der Waals surface area contributed by atoms with Crippen LogP contribution in [-0.4, -0.2) is 40.3 Å². The molecule has 0 unspecified atom stereocenters. The lowest BCUT2D eigenvalue weighted by atomic mass is 9.94. The highest BCUT2D eigenvalue weighted by atomic mass is 35.5. The summed E-state index contributed by atoms with van der Waals surface area (Å²) >= 11 is 5.63. The summed E-state index contributed by atoms with van der Waals surface area (Å²) in [4.78, 5) is 16.4. The maximum atomic E-state index is 13.4. The number of alkyl halides is 3. The van der Waals surface area contributed by atoms with Crippen LogP contribution < -0.4 is 5.32 Å². The van der Waals surface area contributed by atoms with E-state index in [1.165, 1.54) is 0 Å². The molecule has 0 amide bonds. The molecule has 0 bridgehead atoms. The number of hydrogen-bond donors (Lipinski definition) is 2. The van der Waals surface area contributed by atoms with E-state index in [2.05, 4.69) is 15.3 Å². The summed E-state index contributed by atoms with van der Waals surface area (Å²) in [5, 5.41) is 10.5. The molecule has 0 saturated carbocycles. The molecule has 1 saturated heterocycles. The van der Waals surface area contributed by atoms with E-state index in [1.54, 1.807) is 0 Å². The van der Waals surface area contributed by atoms with Gasteiger partial charge in [0.25, 0.3) is 0 Å². The van der Waals surface area contributed by atoms with Crippen LogP contribution in [0.1, 0.15) is 24.5 Å². The molecule has 1 aliphatic rings. The number of carbonyl (C=O) groups is 1. The molecule has 0 atom stereocenters. The van der Waals surface area contributed by atoms with E-state index in [0.717, 1.165) is 32.1 Å². The topological polar surface area (TPSA) is 75.1 Å². The van der Waals surface area contributed by atoms with Gasteiger partial charge in [0, 0.05) is 5.92 Å². The third-order valence-corrected chi connectivity index (χ3v) is 2.89. The molecule has 0 aromatic carbocycles. The summed E-state index contributed by atoms with van der Waals surface area (Å²) in [6.07, 6.45) is -2.12. The van der Waals surface area contributed by atoms with Gasteiger partial charge in [-0.25, -0.2) is 19.2 Å². The predicted molar refractivity (Wildman–Crippen MR) is 65.5 cm³/mol. The van der Waals surface area contributed by atoms with Crippen molar-refractivity contribution in [2.45, 2.75) is 24.9 Å². The lowest BCUT2D eigenvalue weighted by molar-refractivity contribution is -0.192. The number of piperidine rings is 1. The number of halogens is 5. The van der Waals surface area contributed by atoms with Crippen LogP contribution in [0.2, 0.25) is 5.28 Å². The monoisotopic (exact) mass is 329 g/mol. The van der Waals surface area contributed by atoms with E-state index < -0.39 is 12.1 Å². The van der Waals surface area contributed by atoms with Gasteiger partial charge < -0.3 is 10.4 Å². The molecule has 0 radical (unpaired) electrons. The van der Waals surface area contributed by atoms with Gasteiger partial charge >= 0.3 is 12.1 Å². The standard InChI is InChI=1S/C9H11ClFN3.C2HF3O2/c10-9-13-5-7(11)8(14-9)6-1-3-12-4-2-6;3-2(4,5)1(6)7/h5-6,12H,1-4H2;(H,6,7). The van der Waals surface area contributed by atoms with Gasteiger partial charge in [-0.05, 0) is 37.5 Å². The van der Waals surface area contributed by atoms with Gasteiger partial charge in [-0.3, -0.25) is 0 Å². The van der Waals surface area contributed by atoms with Crippen molar-refractivity contribution in [3.05, 3.63) is 23.0 Å². The zero-order valence-electron chi connectivity index (χ0n) is 10.6. The molecule has 5 nitrogen and oxygen atoms in total. The molecule has 2 rings (SSSR count). The Hall–Kier alpha value is -1.48. The number of hydrogen-bond acceptors (Lipinski definition) is 4. The van der Waals surface area contributed by atoms with E-state index in [-0.39, 0.29) is 17.0 Å². The second-order valence-electron chi connectivity index (χ2n) is 4.20. The Morgan fingerprint density at radius 3 is 2.38 bits per heavy atom. The largest absolute Gasteiger partial charge is 0.490 e. The summed E-state index contributed by atoms with van der Waals surface area (Å²) in [6, 6.07) is 0. The summed E-state index contributed by atoms with van der Waals surface area (Å²) in [6.45, 7) is 1.82. The summed E-state index contributed by atoms with van der Waals surface area (Å²) in [7, 11) is 0. The zero-order valence-corrected chi connectivity index (χ0v) is 11.4. The number of aromatic nitrogens is 2. The van der Waals surface area contributed by atoms with Gasteiger partial charge in [-0.15, -0.1) is 0 Å². The second kappa shape index (κ2) is 7.51. The van der Waals surface area contributed by atoms with Crippen molar-refractivity contribution in [2.75, 3.05) is 13.1 Å². The Bertz CT molecular complexity index is 493. The summed E-state index contributed by atoms with van der Waals surface area (Å²) < 4.78 is 45.1. The van der Waals surface area contributed by atoms with E-state index >= 15 is 0 Å². The van der Waals surface area contributed by atoms with Crippen LogP contribution in [0.25, 0.3) is 0 Å². The molecular weight excluding hydrogens is 318 g/mol. The first kappa shape index (κ1) is 17.6. The number of carboxylic acid groups (broad SMARTS) is 1. The molecule has 2 heterocycles. The molecule has 0 spiro atoms. The molecule has 1 fully saturated rings. The van der Waals surface area contributed by atoms with Crippen LogP contribution in [0.5, 0.6) is 0 Å². The van der Waals surface area contributed by atoms with Crippen LogP contribution in [0.4, 0.5) is 17.6 Å². The van der Waals surface area contributed by atoms with Crippen LogP contribution >= 0.6 is 11.6 Å². The van der Waals surface area contributed by atoms with Crippen molar-refractivity contribution < 1.29 is 27.5 Å². The number of carboxylic acids is 1. The number of aliphatic carboxylic acids is 1. The molecular formula is C11H12ClF4N3O2. The summed E-state index contributed by atoms with van der Waals surface area (Å²) in [5.41, 5.74) is 0.464.